The molecule has 0 nitrogen and oxygen atoms in total. The molecule has 0 radical (unpaired) electrons. The van der Waals surface area contributed by atoms with Gasteiger partial charge >= 0.3 is 0 Å². The Morgan fingerprint density at radius 3 is 1.94 bits per heavy atom. The molecular formula is C16H17Cl. The van der Waals surface area contributed by atoms with E-state index >= 15 is 0 Å². The summed E-state index contributed by atoms with van der Waals surface area (Å²) in [6, 6.07) is 12.6. The molecule has 2 aromatic rings. The molecule has 0 atom stereocenters. The average Bonchev–Trinajstić information content (AvgIpc) is 2.26. The van der Waals surface area contributed by atoms with Crippen molar-refractivity contribution in [3.63, 3.8) is 0 Å². The second kappa shape index (κ2) is 4.93. The van der Waals surface area contributed by atoms with Crippen LogP contribution in [0.3, 0.4) is 0 Å². The maximum Gasteiger partial charge on any atom is 0.0406 e. The van der Waals surface area contributed by atoms with Gasteiger partial charge in [-0.25, -0.2) is 0 Å². The maximum atomic E-state index is 5.90. The monoisotopic (exact) mass is 244 g/mol. The Bertz CT molecular complexity index is 501. The lowest BCUT2D eigenvalue weighted by molar-refractivity contribution is 1.11. The molecule has 0 aliphatic rings. The quantitative estimate of drug-likeness (QED) is 0.708. The Kier molecular flexibility index (Phi) is 3.54. The molecule has 0 unspecified atom stereocenters. The lowest BCUT2D eigenvalue weighted by atomic mass is 9.94. The fraction of sp³-hybridized carbons (Fsp3) is 0.250. The van der Waals surface area contributed by atoms with Crippen molar-refractivity contribution in [2.24, 2.45) is 0 Å². The molecule has 0 fully saturated rings. The molecule has 1 heteroatoms. The van der Waals surface area contributed by atoms with Crippen molar-refractivity contribution >= 4 is 11.6 Å². The molecule has 88 valence electrons. The molecule has 0 aliphatic carbocycles. The predicted octanol–water partition coefficient (Wildman–Crippen LogP) is 4.86. The summed E-state index contributed by atoms with van der Waals surface area (Å²) in [7, 11) is 0. The summed E-state index contributed by atoms with van der Waals surface area (Å²) in [5, 5.41) is 0.797. The third-order valence-electron chi connectivity index (χ3n) is 3.13. The first-order valence-corrected chi connectivity index (χ1v) is 6.25. The van der Waals surface area contributed by atoms with Crippen molar-refractivity contribution in [3.05, 3.63) is 69.2 Å². The van der Waals surface area contributed by atoms with E-state index in [0.717, 1.165) is 11.4 Å². The molecule has 0 spiro atoms. The van der Waals surface area contributed by atoms with E-state index in [4.69, 9.17) is 11.6 Å². The van der Waals surface area contributed by atoms with Crippen molar-refractivity contribution in [1.29, 1.82) is 0 Å². The Labute approximate surface area is 108 Å². The molecular weight excluding hydrogens is 228 g/mol. The molecule has 0 saturated carbocycles. The Morgan fingerprint density at radius 1 is 0.882 bits per heavy atom. The van der Waals surface area contributed by atoms with Crippen LogP contribution in [0.25, 0.3) is 0 Å². The molecule has 0 bridgehead atoms. The van der Waals surface area contributed by atoms with E-state index in [9.17, 15) is 0 Å². The number of benzene rings is 2. The summed E-state index contributed by atoms with van der Waals surface area (Å²) in [6.07, 6.45) is 0.981. The van der Waals surface area contributed by atoms with Gasteiger partial charge in [0.05, 0.1) is 0 Å². The summed E-state index contributed by atoms with van der Waals surface area (Å²) >= 11 is 5.90. The smallest absolute Gasteiger partial charge is 0.0406 e. The Morgan fingerprint density at radius 2 is 1.41 bits per heavy atom. The van der Waals surface area contributed by atoms with Crippen LogP contribution in [0.5, 0.6) is 0 Å². The van der Waals surface area contributed by atoms with Gasteiger partial charge in [0.25, 0.3) is 0 Å². The number of halogens is 1. The van der Waals surface area contributed by atoms with Crippen LogP contribution in [0.15, 0.2) is 36.4 Å². The molecule has 17 heavy (non-hydrogen) atoms. The van der Waals surface area contributed by atoms with E-state index in [2.05, 4.69) is 45.0 Å². The summed E-state index contributed by atoms with van der Waals surface area (Å²) in [5.41, 5.74) is 6.82. The van der Waals surface area contributed by atoms with Gasteiger partial charge in [0.1, 0.15) is 0 Å². The van der Waals surface area contributed by atoms with Crippen LogP contribution in [0, 0.1) is 20.8 Å². The van der Waals surface area contributed by atoms with Crippen molar-refractivity contribution in [1.82, 2.24) is 0 Å². The van der Waals surface area contributed by atoms with E-state index < -0.39 is 0 Å². The molecule has 0 heterocycles. The number of hydrogen-bond donors (Lipinski definition) is 0. The Hall–Kier alpha value is -1.27. The minimum Gasteiger partial charge on any atom is -0.0843 e. The highest BCUT2D eigenvalue weighted by atomic mass is 35.5. The van der Waals surface area contributed by atoms with Crippen LogP contribution in [-0.2, 0) is 6.42 Å². The van der Waals surface area contributed by atoms with Crippen LogP contribution in [-0.4, -0.2) is 0 Å². The van der Waals surface area contributed by atoms with Gasteiger partial charge in [-0.2, -0.15) is 0 Å². The van der Waals surface area contributed by atoms with Crippen molar-refractivity contribution in [2.45, 2.75) is 27.2 Å². The van der Waals surface area contributed by atoms with Gasteiger partial charge in [-0.05, 0) is 61.6 Å². The second-order valence-corrected chi connectivity index (χ2v) is 5.12. The fourth-order valence-electron chi connectivity index (χ4n) is 2.30. The highest BCUT2D eigenvalue weighted by Crippen LogP contribution is 2.21. The van der Waals surface area contributed by atoms with Gasteiger partial charge in [-0.15, -0.1) is 0 Å². The zero-order valence-corrected chi connectivity index (χ0v) is 11.3. The third-order valence-corrected chi connectivity index (χ3v) is 3.39. The maximum absolute atomic E-state index is 5.90. The first-order valence-electron chi connectivity index (χ1n) is 5.87. The summed E-state index contributed by atoms with van der Waals surface area (Å²) in [4.78, 5) is 0. The third kappa shape index (κ3) is 2.89. The molecule has 2 aromatic carbocycles. The van der Waals surface area contributed by atoms with Gasteiger partial charge in [0, 0.05) is 5.02 Å². The van der Waals surface area contributed by atoms with Crippen molar-refractivity contribution in [2.75, 3.05) is 0 Å². The molecule has 0 saturated heterocycles. The number of hydrogen-bond acceptors (Lipinski definition) is 0. The van der Waals surface area contributed by atoms with E-state index in [1.54, 1.807) is 0 Å². The lowest BCUT2D eigenvalue weighted by Gasteiger charge is -2.11. The first kappa shape index (κ1) is 12.2. The highest BCUT2D eigenvalue weighted by Gasteiger charge is 2.04. The largest absolute Gasteiger partial charge is 0.0843 e. The number of rotatable bonds is 2. The summed E-state index contributed by atoms with van der Waals surface area (Å²) in [6.45, 7) is 6.52. The SMILES string of the molecule is Cc1cc(C)c(Cc2ccc(Cl)cc2)c(C)c1. The molecule has 0 amide bonds. The van der Waals surface area contributed by atoms with Crippen LogP contribution < -0.4 is 0 Å². The minimum atomic E-state index is 0.797. The van der Waals surface area contributed by atoms with E-state index in [0.29, 0.717) is 0 Å². The molecule has 0 aromatic heterocycles. The number of aryl methyl sites for hydroxylation is 3. The predicted molar refractivity (Wildman–Crippen MR) is 74.9 cm³/mol. The van der Waals surface area contributed by atoms with Gasteiger partial charge < -0.3 is 0 Å². The van der Waals surface area contributed by atoms with Crippen LogP contribution >= 0.6 is 11.6 Å². The van der Waals surface area contributed by atoms with Crippen LogP contribution in [0.1, 0.15) is 27.8 Å². The van der Waals surface area contributed by atoms with Crippen LogP contribution in [0.2, 0.25) is 5.02 Å². The Balaban J connectivity index is 2.33. The average molecular weight is 245 g/mol. The van der Waals surface area contributed by atoms with Crippen LogP contribution in [0.4, 0.5) is 0 Å². The first-order chi connectivity index (χ1) is 8.06. The molecule has 0 aliphatic heterocycles. The normalized spacial score (nSPS) is 10.6. The highest BCUT2D eigenvalue weighted by molar-refractivity contribution is 6.30. The van der Waals surface area contributed by atoms with E-state index in [1.807, 2.05) is 12.1 Å². The fourth-order valence-corrected chi connectivity index (χ4v) is 2.42. The topological polar surface area (TPSA) is 0 Å². The van der Waals surface area contributed by atoms with Gasteiger partial charge in [0.2, 0.25) is 0 Å². The summed E-state index contributed by atoms with van der Waals surface area (Å²) < 4.78 is 0. The van der Waals surface area contributed by atoms with E-state index in [-0.39, 0.29) is 0 Å². The van der Waals surface area contributed by atoms with Gasteiger partial charge in [0.15, 0.2) is 0 Å². The minimum absolute atomic E-state index is 0.797. The lowest BCUT2D eigenvalue weighted by Crippen LogP contribution is -1.96. The van der Waals surface area contributed by atoms with Gasteiger partial charge in [-0.3, -0.25) is 0 Å². The zero-order valence-electron chi connectivity index (χ0n) is 10.5. The molecule has 0 N–H and O–H groups in total. The van der Waals surface area contributed by atoms with E-state index in [1.165, 1.54) is 27.8 Å². The standard InChI is InChI=1S/C16H17Cl/c1-11-8-12(2)16(13(3)9-11)10-14-4-6-15(17)7-5-14/h4-9H,10H2,1-3H3. The molecule has 2 rings (SSSR count). The van der Waals surface area contributed by atoms with Gasteiger partial charge in [-0.1, -0.05) is 41.4 Å². The van der Waals surface area contributed by atoms with Crippen molar-refractivity contribution in [3.8, 4) is 0 Å². The van der Waals surface area contributed by atoms with Crippen molar-refractivity contribution < 1.29 is 0 Å². The second-order valence-electron chi connectivity index (χ2n) is 4.68. The summed E-state index contributed by atoms with van der Waals surface area (Å²) in [5.74, 6) is 0. The zero-order chi connectivity index (χ0) is 12.4.